The van der Waals surface area contributed by atoms with Crippen LogP contribution in [0, 0.1) is 0 Å². The molecule has 1 N–H and O–H groups in total. The van der Waals surface area contributed by atoms with Crippen LogP contribution in [0.25, 0.3) is 0 Å². The summed E-state index contributed by atoms with van der Waals surface area (Å²) in [6.45, 7) is 0. The first-order valence-electron chi connectivity index (χ1n) is 16.9. The molecule has 2 aliphatic rings. The summed E-state index contributed by atoms with van der Waals surface area (Å²) < 4.78 is 315. The van der Waals surface area contributed by atoms with Crippen LogP contribution < -0.4 is 10.6 Å². The average Bonchev–Trinajstić information content (AvgIpc) is 3.61. The molecule has 0 bridgehead atoms. The van der Waals surface area contributed by atoms with Crippen LogP contribution in [0.4, 0.5) is 87.8 Å². The van der Waals surface area contributed by atoms with Crippen molar-refractivity contribution in [1.29, 1.82) is 0 Å². The molecule has 0 atom stereocenters. The van der Waals surface area contributed by atoms with Gasteiger partial charge in [0.25, 0.3) is 0 Å². The number of hydrogen-bond donors (Lipinski definition) is 1. The zero-order chi connectivity index (χ0) is 48.0. The van der Waals surface area contributed by atoms with Gasteiger partial charge >= 0.3 is 322 Å². The molecule has 0 aromatic heterocycles. The minimum absolute atomic E-state index is 0.117. The predicted octanol–water partition coefficient (Wildman–Crippen LogP) is 12.6. The first-order valence-corrected chi connectivity index (χ1v) is 20.2. The van der Waals surface area contributed by atoms with Gasteiger partial charge < -0.3 is 0 Å². The zero-order valence-electron chi connectivity index (χ0n) is 30.3. The van der Waals surface area contributed by atoms with Gasteiger partial charge in [-0.25, -0.2) is 0 Å². The quantitative estimate of drug-likeness (QED) is 0.109. The standard InChI is InChI=1S/C36H21F20O3P.CH2Cl2/c37-29(38,33(45,46)47)27(30(39,40)34(48,49)50)22-15-7-9-17-24(22)60(58-27,19-26(57,20-11-3-1-4-12-20)21-13-5-2-6-14-21)25-18-10-8-16-23(25)28(59-60,31(41,42)35(51,52)53)32(43,44)36(54,55)56;2-1-3/h1-18,57H,19H2;1H2. The Balaban J connectivity index is 0.00000242. The summed E-state index contributed by atoms with van der Waals surface area (Å²) in [7, 11) is -8.63. The third-order valence-corrected chi connectivity index (χ3v) is 15.5. The van der Waals surface area contributed by atoms with Gasteiger partial charge in [0, 0.05) is 0 Å². The fourth-order valence-electron chi connectivity index (χ4n) is 7.88. The third kappa shape index (κ3) is 6.62. The molecule has 1 spiro atoms. The molecule has 0 saturated heterocycles. The summed E-state index contributed by atoms with van der Waals surface area (Å²) >= 11 is 9.53. The second-order valence-corrected chi connectivity index (χ2v) is 18.6. The van der Waals surface area contributed by atoms with E-state index in [1.165, 1.54) is 0 Å². The van der Waals surface area contributed by atoms with Crippen molar-refractivity contribution in [1.82, 2.24) is 0 Å². The Hall–Kier alpha value is -3.63. The molecule has 0 aliphatic carbocycles. The van der Waals surface area contributed by atoms with Crippen LogP contribution in [0.3, 0.4) is 0 Å². The van der Waals surface area contributed by atoms with Crippen LogP contribution in [0.2, 0.25) is 0 Å². The number of aliphatic hydroxyl groups is 1. The van der Waals surface area contributed by atoms with Crippen molar-refractivity contribution in [3.63, 3.8) is 0 Å². The monoisotopic (exact) mass is 996 g/mol. The predicted molar refractivity (Wildman–Crippen MR) is 186 cm³/mol. The molecule has 0 unspecified atom stereocenters. The Morgan fingerprint density at radius 3 is 0.905 bits per heavy atom. The van der Waals surface area contributed by atoms with E-state index in [4.69, 9.17) is 32.2 Å². The number of fused-ring (bicyclic) bond motifs is 4. The molecule has 3 nitrogen and oxygen atoms in total. The molecule has 6 rings (SSSR count). The molecule has 26 heteroatoms. The molecular weight excluding hydrogens is 974 g/mol. The van der Waals surface area contributed by atoms with Gasteiger partial charge in [0.05, 0.1) is 5.34 Å². The van der Waals surface area contributed by atoms with E-state index in [2.05, 4.69) is 0 Å². The molecule has 0 amide bonds. The van der Waals surface area contributed by atoms with Gasteiger partial charge in [0.2, 0.25) is 0 Å². The summed E-state index contributed by atoms with van der Waals surface area (Å²) in [4.78, 5) is 0. The van der Waals surface area contributed by atoms with E-state index in [-0.39, 0.29) is 29.6 Å². The molecule has 2 heterocycles. The SMILES string of the molecule is ClCCl.OC(CP12(OC(C(F)(F)C(F)(F)F)(C(F)(F)C(F)(F)F)c3ccccc31)OC(C(F)(F)C(F)(F)F)(C(F)(F)C(F)(F)F)c1ccccc12)(c1ccccc1)c1ccccc1. The van der Waals surface area contributed by atoms with E-state index in [1.807, 2.05) is 0 Å². The maximum atomic E-state index is 16.3. The minimum atomic E-state index is -8.63. The number of halogens is 22. The molecule has 2 aliphatic heterocycles. The second-order valence-electron chi connectivity index (χ2n) is 13.8. The fourth-order valence-corrected chi connectivity index (χ4v) is 14.3. The van der Waals surface area contributed by atoms with Crippen molar-refractivity contribution in [2.24, 2.45) is 0 Å². The Morgan fingerprint density at radius 2 is 0.651 bits per heavy atom. The normalized spacial score (nSPS) is 19.3. The summed E-state index contributed by atoms with van der Waals surface area (Å²) in [5.74, 6) is -31.1. The molecular formula is C37H23Cl2F20O3P. The average molecular weight is 997 g/mol. The molecule has 4 aromatic carbocycles. The molecule has 4 aromatic rings. The van der Waals surface area contributed by atoms with E-state index in [1.54, 1.807) is 0 Å². The van der Waals surface area contributed by atoms with Crippen LogP contribution in [0.1, 0.15) is 22.3 Å². The van der Waals surface area contributed by atoms with Crippen LogP contribution >= 0.6 is 30.3 Å². The van der Waals surface area contributed by atoms with Crippen LogP contribution in [0.5, 0.6) is 0 Å². The zero-order valence-corrected chi connectivity index (χ0v) is 32.7. The summed E-state index contributed by atoms with van der Waals surface area (Å²) in [6.07, 6.45) is -33.4. The number of benzene rings is 4. The Labute approximate surface area is 350 Å². The Morgan fingerprint density at radius 1 is 0.413 bits per heavy atom. The molecule has 348 valence electrons. The molecule has 0 fully saturated rings. The third-order valence-electron chi connectivity index (χ3n) is 10.4. The maximum absolute atomic E-state index is 16.3. The number of alkyl halides is 22. The van der Waals surface area contributed by atoms with E-state index >= 15 is 35.1 Å². The van der Waals surface area contributed by atoms with Crippen molar-refractivity contribution in [2.75, 3.05) is 11.5 Å². The van der Waals surface area contributed by atoms with Crippen molar-refractivity contribution in [3.8, 4) is 0 Å². The van der Waals surface area contributed by atoms with Crippen LogP contribution in [-0.2, 0) is 25.9 Å². The van der Waals surface area contributed by atoms with Crippen LogP contribution in [-0.4, -0.2) is 65.0 Å². The van der Waals surface area contributed by atoms with Crippen molar-refractivity contribution >= 4 is 40.9 Å². The first kappa shape index (κ1) is 50.4. The number of rotatable bonds is 8. The fraction of sp³-hybridized carbons (Fsp3) is 0.351. The van der Waals surface area contributed by atoms with Gasteiger partial charge in [-0.05, 0) is 0 Å². The molecule has 0 saturated carbocycles. The van der Waals surface area contributed by atoms with Gasteiger partial charge in [-0.1, -0.05) is 0 Å². The van der Waals surface area contributed by atoms with Crippen LogP contribution in [0.15, 0.2) is 109 Å². The van der Waals surface area contributed by atoms with Crippen molar-refractivity contribution < 1.29 is 102 Å². The first-order chi connectivity index (χ1) is 28.5. The van der Waals surface area contributed by atoms with Crippen molar-refractivity contribution in [3.05, 3.63) is 131 Å². The van der Waals surface area contributed by atoms with Crippen molar-refractivity contribution in [2.45, 2.75) is 65.2 Å². The molecule has 0 radical (unpaired) electrons. The van der Waals surface area contributed by atoms with Gasteiger partial charge in [-0.3, -0.25) is 0 Å². The van der Waals surface area contributed by atoms with E-state index in [0.29, 0.717) is 12.1 Å². The van der Waals surface area contributed by atoms with Gasteiger partial charge in [0.1, 0.15) is 0 Å². The Bertz CT molecular complexity index is 2090. The van der Waals surface area contributed by atoms with Gasteiger partial charge in [-0.15, -0.1) is 23.2 Å². The summed E-state index contributed by atoms with van der Waals surface area (Å²) in [6, 6.07) is 9.14. The van der Waals surface area contributed by atoms with E-state index in [0.717, 1.165) is 60.7 Å². The topological polar surface area (TPSA) is 38.7 Å². The van der Waals surface area contributed by atoms with E-state index in [9.17, 15) is 57.8 Å². The van der Waals surface area contributed by atoms with Gasteiger partial charge in [-0.2, -0.15) is 0 Å². The summed E-state index contributed by atoms with van der Waals surface area (Å²) in [5, 5.41) is 8.39. The molecule has 63 heavy (non-hydrogen) atoms. The van der Waals surface area contributed by atoms with E-state index < -0.39 is 123 Å². The number of hydrogen-bond acceptors (Lipinski definition) is 3. The van der Waals surface area contributed by atoms with Gasteiger partial charge in [0.15, 0.2) is 0 Å². The Kier molecular flexibility index (Phi) is 12.2. The summed E-state index contributed by atoms with van der Waals surface area (Å²) in [5.41, 5.74) is -24.7. The second kappa shape index (κ2) is 15.2.